The molecule has 3 rings (SSSR count). The Morgan fingerprint density at radius 3 is 2.52 bits per heavy atom. The van der Waals surface area contributed by atoms with E-state index < -0.39 is 0 Å². The van der Waals surface area contributed by atoms with Gasteiger partial charge in [-0.15, -0.1) is 0 Å². The number of carbonyl (C=O) groups is 1. The van der Waals surface area contributed by atoms with E-state index in [0.29, 0.717) is 6.54 Å². The minimum atomic E-state index is 0.101. The molecule has 3 N–H and O–H groups in total. The Kier molecular flexibility index (Phi) is 7.42. The van der Waals surface area contributed by atoms with Crippen LogP contribution < -0.4 is 5.73 Å². The highest BCUT2D eigenvalue weighted by molar-refractivity contribution is 5.73. The molecule has 1 unspecified atom stereocenters. The SMILES string of the molecule is CC(=O)N1CCN(Cc2cccc(-c3cccc(CC(CN)CO)c3C)c2)CC1. The Balaban J connectivity index is 1.73. The fourth-order valence-corrected chi connectivity index (χ4v) is 4.07. The van der Waals surface area contributed by atoms with E-state index in [-0.39, 0.29) is 18.4 Å². The van der Waals surface area contributed by atoms with Crippen LogP contribution in [0.1, 0.15) is 23.6 Å². The van der Waals surface area contributed by atoms with E-state index >= 15 is 0 Å². The van der Waals surface area contributed by atoms with Crippen LogP contribution in [0.4, 0.5) is 0 Å². The summed E-state index contributed by atoms with van der Waals surface area (Å²) in [7, 11) is 0. The van der Waals surface area contributed by atoms with Crippen molar-refractivity contribution in [1.82, 2.24) is 9.80 Å². The zero-order chi connectivity index (χ0) is 20.8. The Labute approximate surface area is 174 Å². The molecule has 0 radical (unpaired) electrons. The predicted octanol–water partition coefficient (Wildman–Crippen LogP) is 2.44. The lowest BCUT2D eigenvalue weighted by atomic mass is 9.91. The number of nitrogens with zero attached hydrogens (tertiary/aromatic N) is 2. The molecule has 2 aromatic carbocycles. The van der Waals surface area contributed by atoms with Crippen LogP contribution in [0.2, 0.25) is 0 Å². The third kappa shape index (κ3) is 5.44. The van der Waals surface area contributed by atoms with Crippen molar-refractivity contribution in [1.29, 1.82) is 0 Å². The second kappa shape index (κ2) is 10.0. The molecule has 1 heterocycles. The number of nitrogens with two attached hydrogens (primary N) is 1. The largest absolute Gasteiger partial charge is 0.396 e. The van der Waals surface area contributed by atoms with Crippen LogP contribution in [0.5, 0.6) is 0 Å². The standard InChI is InChI=1S/C24H33N3O2/c1-18-22(14-21(15-25)17-28)6-4-8-24(18)23-7-3-5-20(13-23)16-26-9-11-27(12-10-26)19(2)29/h3-8,13,21,28H,9-12,14-17,25H2,1-2H3. The van der Waals surface area contributed by atoms with Gasteiger partial charge >= 0.3 is 0 Å². The summed E-state index contributed by atoms with van der Waals surface area (Å²) in [4.78, 5) is 15.8. The van der Waals surface area contributed by atoms with Gasteiger partial charge in [0.15, 0.2) is 0 Å². The first-order valence-corrected chi connectivity index (χ1v) is 10.5. The fraction of sp³-hybridized carbons (Fsp3) is 0.458. The average Bonchev–Trinajstić information content (AvgIpc) is 2.73. The number of amides is 1. The maximum atomic E-state index is 11.5. The van der Waals surface area contributed by atoms with Gasteiger partial charge in [-0.05, 0) is 59.7 Å². The Morgan fingerprint density at radius 1 is 1.14 bits per heavy atom. The van der Waals surface area contributed by atoms with Gasteiger partial charge in [0.25, 0.3) is 0 Å². The highest BCUT2D eigenvalue weighted by Crippen LogP contribution is 2.28. The van der Waals surface area contributed by atoms with Crippen LogP contribution in [0.25, 0.3) is 11.1 Å². The van der Waals surface area contributed by atoms with Crippen molar-refractivity contribution in [3.05, 3.63) is 59.2 Å². The van der Waals surface area contributed by atoms with Crippen LogP contribution >= 0.6 is 0 Å². The van der Waals surface area contributed by atoms with Crippen molar-refractivity contribution < 1.29 is 9.90 Å². The second-order valence-corrected chi connectivity index (χ2v) is 8.06. The quantitative estimate of drug-likeness (QED) is 0.756. The van der Waals surface area contributed by atoms with Gasteiger partial charge in [0.2, 0.25) is 5.91 Å². The van der Waals surface area contributed by atoms with Gasteiger partial charge in [0.1, 0.15) is 0 Å². The van der Waals surface area contributed by atoms with Crippen LogP contribution in [-0.2, 0) is 17.8 Å². The van der Waals surface area contributed by atoms with Crippen molar-refractivity contribution in [2.24, 2.45) is 11.7 Å². The van der Waals surface area contributed by atoms with Crippen molar-refractivity contribution >= 4 is 5.91 Å². The van der Waals surface area contributed by atoms with E-state index in [9.17, 15) is 9.90 Å². The van der Waals surface area contributed by atoms with E-state index in [2.05, 4.69) is 54.3 Å². The van der Waals surface area contributed by atoms with E-state index in [1.807, 2.05) is 4.90 Å². The average molecular weight is 396 g/mol. The molecule has 1 fully saturated rings. The van der Waals surface area contributed by atoms with Gasteiger partial charge < -0.3 is 15.7 Å². The third-order valence-electron chi connectivity index (χ3n) is 6.01. The number of benzene rings is 2. The topological polar surface area (TPSA) is 69.8 Å². The van der Waals surface area contributed by atoms with Gasteiger partial charge in [-0.3, -0.25) is 9.69 Å². The first kappa shape index (κ1) is 21.5. The molecule has 0 spiro atoms. The predicted molar refractivity (Wildman–Crippen MR) is 117 cm³/mol. The lowest BCUT2D eigenvalue weighted by Gasteiger charge is -2.34. The molecule has 1 saturated heterocycles. The van der Waals surface area contributed by atoms with Gasteiger partial charge in [-0.1, -0.05) is 36.4 Å². The molecule has 5 nitrogen and oxygen atoms in total. The molecule has 0 aliphatic carbocycles. The van der Waals surface area contributed by atoms with Gasteiger partial charge in [0.05, 0.1) is 0 Å². The summed E-state index contributed by atoms with van der Waals surface area (Å²) < 4.78 is 0. The number of hydrogen-bond donors (Lipinski definition) is 2. The molecule has 0 bridgehead atoms. The monoisotopic (exact) mass is 395 g/mol. The molecule has 0 aromatic heterocycles. The third-order valence-corrected chi connectivity index (χ3v) is 6.01. The summed E-state index contributed by atoms with van der Waals surface area (Å²) in [5.74, 6) is 0.268. The summed E-state index contributed by atoms with van der Waals surface area (Å²) in [6.07, 6.45) is 0.798. The number of hydrogen-bond acceptors (Lipinski definition) is 4. The molecule has 2 aromatic rings. The number of aliphatic hydroxyl groups excluding tert-OH is 1. The number of aliphatic hydroxyl groups is 1. The van der Waals surface area contributed by atoms with Crippen LogP contribution in [-0.4, -0.2) is 60.1 Å². The highest BCUT2D eigenvalue weighted by Gasteiger charge is 2.18. The van der Waals surface area contributed by atoms with Crippen molar-refractivity contribution in [2.45, 2.75) is 26.8 Å². The summed E-state index contributed by atoms with van der Waals surface area (Å²) in [6.45, 7) is 8.76. The molecule has 1 aliphatic rings. The van der Waals surface area contributed by atoms with E-state index in [4.69, 9.17) is 5.73 Å². The first-order chi connectivity index (χ1) is 14.0. The molecule has 0 saturated carbocycles. The lowest BCUT2D eigenvalue weighted by Crippen LogP contribution is -2.47. The van der Waals surface area contributed by atoms with Gasteiger partial charge in [0, 0.05) is 46.3 Å². The molecule has 5 heteroatoms. The van der Waals surface area contributed by atoms with Crippen LogP contribution in [0, 0.1) is 12.8 Å². The van der Waals surface area contributed by atoms with E-state index in [0.717, 1.165) is 39.1 Å². The first-order valence-electron chi connectivity index (χ1n) is 10.5. The maximum absolute atomic E-state index is 11.5. The minimum Gasteiger partial charge on any atom is -0.396 e. The normalized spacial score (nSPS) is 16.1. The zero-order valence-electron chi connectivity index (χ0n) is 17.6. The summed E-state index contributed by atoms with van der Waals surface area (Å²) in [5.41, 5.74) is 12.0. The Bertz CT molecular complexity index is 825. The number of carbonyl (C=O) groups excluding carboxylic acids is 1. The molecular formula is C24H33N3O2. The molecule has 1 aliphatic heterocycles. The van der Waals surface area contributed by atoms with Crippen molar-refractivity contribution in [2.75, 3.05) is 39.3 Å². The maximum Gasteiger partial charge on any atom is 0.219 e. The molecule has 1 atom stereocenters. The molecule has 156 valence electrons. The number of piperazine rings is 1. The summed E-state index contributed by atoms with van der Waals surface area (Å²) >= 11 is 0. The van der Waals surface area contributed by atoms with Crippen molar-refractivity contribution in [3.8, 4) is 11.1 Å². The molecule has 29 heavy (non-hydrogen) atoms. The van der Waals surface area contributed by atoms with Crippen LogP contribution in [0.15, 0.2) is 42.5 Å². The number of rotatable bonds is 7. The van der Waals surface area contributed by atoms with E-state index in [1.54, 1.807) is 6.92 Å². The lowest BCUT2D eigenvalue weighted by molar-refractivity contribution is -0.130. The summed E-state index contributed by atoms with van der Waals surface area (Å²) in [6, 6.07) is 15.1. The smallest absolute Gasteiger partial charge is 0.219 e. The Hall–Kier alpha value is -2.21. The Morgan fingerprint density at radius 2 is 1.86 bits per heavy atom. The van der Waals surface area contributed by atoms with Crippen molar-refractivity contribution in [3.63, 3.8) is 0 Å². The van der Waals surface area contributed by atoms with Gasteiger partial charge in [-0.25, -0.2) is 0 Å². The second-order valence-electron chi connectivity index (χ2n) is 8.06. The molecule has 1 amide bonds. The summed E-state index contributed by atoms with van der Waals surface area (Å²) in [5, 5.41) is 9.50. The highest BCUT2D eigenvalue weighted by atomic mass is 16.3. The fourth-order valence-electron chi connectivity index (χ4n) is 4.07. The minimum absolute atomic E-state index is 0.101. The zero-order valence-corrected chi connectivity index (χ0v) is 17.6. The van der Waals surface area contributed by atoms with Gasteiger partial charge in [-0.2, -0.15) is 0 Å². The van der Waals surface area contributed by atoms with E-state index in [1.165, 1.54) is 27.8 Å². The van der Waals surface area contributed by atoms with Crippen LogP contribution in [0.3, 0.4) is 0 Å². The molecular weight excluding hydrogens is 362 g/mol.